The fraction of sp³-hybridized carbons (Fsp3) is 0.333. The van der Waals surface area contributed by atoms with Crippen molar-refractivity contribution in [3.63, 3.8) is 0 Å². The number of anilines is 1. The highest BCUT2D eigenvalue weighted by Gasteiger charge is 1.95. The van der Waals surface area contributed by atoms with E-state index in [1.807, 2.05) is 19.9 Å². The Kier molecular flexibility index (Phi) is 4.67. The van der Waals surface area contributed by atoms with E-state index in [-0.39, 0.29) is 18.2 Å². The molecule has 0 radical (unpaired) electrons. The molecule has 68 valence electrons. The third-order valence-electron chi connectivity index (χ3n) is 1.28. The number of hydrogen-bond acceptors (Lipinski definition) is 1. The number of nitrogens with one attached hydrogen (secondary N) is 1. The predicted molar refractivity (Wildman–Crippen MR) is 52.4 cm³/mol. The van der Waals surface area contributed by atoms with Crippen molar-refractivity contribution >= 4 is 18.1 Å². The topological polar surface area (TPSA) is 12.0 Å². The van der Waals surface area contributed by atoms with Gasteiger partial charge in [0, 0.05) is 11.7 Å². The van der Waals surface area contributed by atoms with Gasteiger partial charge in [0.25, 0.3) is 0 Å². The van der Waals surface area contributed by atoms with Gasteiger partial charge in [0.2, 0.25) is 0 Å². The van der Waals surface area contributed by atoms with Gasteiger partial charge >= 0.3 is 0 Å². The molecule has 3 heteroatoms. The maximum atomic E-state index is 12.6. The zero-order valence-electron chi connectivity index (χ0n) is 7.17. The molecular formula is C9H13ClFN. The summed E-state index contributed by atoms with van der Waals surface area (Å²) < 4.78 is 12.6. The molecule has 0 unspecified atom stereocenters. The second-order valence-electron chi connectivity index (χ2n) is 2.81. The minimum absolute atomic E-state index is 0. The van der Waals surface area contributed by atoms with Crippen molar-refractivity contribution in [3.05, 3.63) is 30.1 Å². The molecule has 0 aliphatic rings. The SMILES string of the molecule is CC(C)Nc1cccc(F)c1.Cl. The van der Waals surface area contributed by atoms with E-state index in [0.717, 1.165) is 5.69 Å². The monoisotopic (exact) mass is 189 g/mol. The maximum absolute atomic E-state index is 12.6. The lowest BCUT2D eigenvalue weighted by Gasteiger charge is -2.08. The van der Waals surface area contributed by atoms with Gasteiger partial charge in [-0.2, -0.15) is 0 Å². The standard InChI is InChI=1S/C9H12FN.ClH/c1-7(2)11-9-5-3-4-8(10)6-9;/h3-7,11H,1-2H3;1H. The number of halogens is 2. The van der Waals surface area contributed by atoms with Gasteiger partial charge in [0.1, 0.15) is 5.82 Å². The Balaban J connectivity index is 0.00000121. The van der Waals surface area contributed by atoms with E-state index in [0.29, 0.717) is 6.04 Å². The molecule has 1 N–H and O–H groups in total. The molecule has 0 amide bonds. The van der Waals surface area contributed by atoms with Crippen molar-refractivity contribution in [2.75, 3.05) is 5.32 Å². The summed E-state index contributed by atoms with van der Waals surface area (Å²) in [6.45, 7) is 4.04. The van der Waals surface area contributed by atoms with Crippen molar-refractivity contribution in [1.82, 2.24) is 0 Å². The number of hydrogen-bond donors (Lipinski definition) is 1. The van der Waals surface area contributed by atoms with Crippen LogP contribution in [0, 0.1) is 5.82 Å². The molecule has 12 heavy (non-hydrogen) atoms. The molecule has 0 heterocycles. The first-order valence-corrected chi connectivity index (χ1v) is 3.70. The summed E-state index contributed by atoms with van der Waals surface area (Å²) in [7, 11) is 0. The third kappa shape index (κ3) is 3.58. The molecule has 1 rings (SSSR count). The second-order valence-corrected chi connectivity index (χ2v) is 2.81. The van der Waals surface area contributed by atoms with Crippen LogP contribution in [0.4, 0.5) is 10.1 Å². The lowest BCUT2D eigenvalue weighted by atomic mass is 10.3. The van der Waals surface area contributed by atoms with E-state index in [1.54, 1.807) is 6.07 Å². The first-order valence-electron chi connectivity index (χ1n) is 3.70. The molecule has 0 aromatic heterocycles. The van der Waals surface area contributed by atoms with Gasteiger partial charge in [-0.15, -0.1) is 12.4 Å². The van der Waals surface area contributed by atoms with Crippen LogP contribution in [0.15, 0.2) is 24.3 Å². The fourth-order valence-electron chi connectivity index (χ4n) is 0.912. The Morgan fingerprint density at radius 3 is 2.50 bits per heavy atom. The van der Waals surface area contributed by atoms with E-state index in [9.17, 15) is 4.39 Å². The molecule has 1 nitrogen and oxygen atoms in total. The Bertz CT molecular complexity index is 238. The highest BCUT2D eigenvalue weighted by molar-refractivity contribution is 5.85. The highest BCUT2D eigenvalue weighted by atomic mass is 35.5. The smallest absolute Gasteiger partial charge is 0.125 e. The summed E-state index contributed by atoms with van der Waals surface area (Å²) in [6.07, 6.45) is 0. The molecule has 0 aliphatic carbocycles. The van der Waals surface area contributed by atoms with E-state index in [4.69, 9.17) is 0 Å². The summed E-state index contributed by atoms with van der Waals surface area (Å²) in [6, 6.07) is 6.81. The lowest BCUT2D eigenvalue weighted by molar-refractivity contribution is 0.628. The molecular weight excluding hydrogens is 177 g/mol. The van der Waals surface area contributed by atoms with Gasteiger partial charge in [-0.05, 0) is 32.0 Å². The average Bonchev–Trinajstić information content (AvgIpc) is 1.85. The Labute approximate surface area is 78.4 Å². The quantitative estimate of drug-likeness (QED) is 0.754. The van der Waals surface area contributed by atoms with Gasteiger partial charge in [-0.1, -0.05) is 6.07 Å². The van der Waals surface area contributed by atoms with Crippen LogP contribution < -0.4 is 5.32 Å². The lowest BCUT2D eigenvalue weighted by Crippen LogP contribution is -2.09. The first-order chi connectivity index (χ1) is 5.18. The van der Waals surface area contributed by atoms with Crippen LogP contribution in [0.5, 0.6) is 0 Å². The van der Waals surface area contributed by atoms with Crippen LogP contribution >= 0.6 is 12.4 Å². The summed E-state index contributed by atoms with van der Waals surface area (Å²) >= 11 is 0. The van der Waals surface area contributed by atoms with Crippen molar-refractivity contribution in [2.24, 2.45) is 0 Å². The molecule has 0 spiro atoms. The minimum atomic E-state index is -0.198. The average molecular weight is 190 g/mol. The molecule has 0 bridgehead atoms. The molecule has 0 saturated heterocycles. The zero-order valence-corrected chi connectivity index (χ0v) is 7.99. The van der Waals surface area contributed by atoms with Crippen molar-refractivity contribution < 1.29 is 4.39 Å². The van der Waals surface area contributed by atoms with E-state index < -0.39 is 0 Å². The van der Waals surface area contributed by atoms with E-state index in [2.05, 4.69) is 5.32 Å². The fourth-order valence-corrected chi connectivity index (χ4v) is 0.912. The normalized spacial score (nSPS) is 9.33. The molecule has 0 aliphatic heterocycles. The van der Waals surface area contributed by atoms with Crippen LogP contribution in [-0.2, 0) is 0 Å². The first kappa shape index (κ1) is 11.2. The van der Waals surface area contributed by atoms with Crippen molar-refractivity contribution in [1.29, 1.82) is 0 Å². The maximum Gasteiger partial charge on any atom is 0.125 e. The van der Waals surface area contributed by atoms with Crippen LogP contribution in [0.1, 0.15) is 13.8 Å². The van der Waals surface area contributed by atoms with Gasteiger partial charge < -0.3 is 5.32 Å². The summed E-state index contributed by atoms with van der Waals surface area (Å²) in [4.78, 5) is 0. The summed E-state index contributed by atoms with van der Waals surface area (Å²) in [5.74, 6) is -0.198. The molecule has 0 atom stereocenters. The highest BCUT2D eigenvalue weighted by Crippen LogP contribution is 2.09. The number of benzene rings is 1. The Morgan fingerprint density at radius 1 is 1.33 bits per heavy atom. The summed E-state index contributed by atoms with van der Waals surface area (Å²) in [5.41, 5.74) is 0.833. The summed E-state index contributed by atoms with van der Waals surface area (Å²) in [5, 5.41) is 3.11. The molecule has 0 fully saturated rings. The van der Waals surface area contributed by atoms with Gasteiger partial charge in [-0.3, -0.25) is 0 Å². The molecule has 1 aromatic rings. The molecule has 0 saturated carbocycles. The van der Waals surface area contributed by atoms with E-state index >= 15 is 0 Å². The largest absolute Gasteiger partial charge is 0.383 e. The van der Waals surface area contributed by atoms with Crippen LogP contribution in [-0.4, -0.2) is 6.04 Å². The van der Waals surface area contributed by atoms with Crippen LogP contribution in [0.25, 0.3) is 0 Å². The predicted octanol–water partition coefficient (Wildman–Crippen LogP) is 3.07. The Morgan fingerprint density at radius 2 is 2.00 bits per heavy atom. The van der Waals surface area contributed by atoms with Gasteiger partial charge in [0.15, 0.2) is 0 Å². The van der Waals surface area contributed by atoms with Gasteiger partial charge in [0.05, 0.1) is 0 Å². The van der Waals surface area contributed by atoms with Crippen molar-refractivity contribution in [3.8, 4) is 0 Å². The van der Waals surface area contributed by atoms with Crippen molar-refractivity contribution in [2.45, 2.75) is 19.9 Å². The third-order valence-corrected chi connectivity index (χ3v) is 1.28. The van der Waals surface area contributed by atoms with E-state index in [1.165, 1.54) is 12.1 Å². The number of rotatable bonds is 2. The Hall–Kier alpha value is -0.760. The zero-order chi connectivity index (χ0) is 8.27. The van der Waals surface area contributed by atoms with Gasteiger partial charge in [-0.25, -0.2) is 4.39 Å². The molecule has 1 aromatic carbocycles. The van der Waals surface area contributed by atoms with Crippen LogP contribution in [0.2, 0.25) is 0 Å². The minimum Gasteiger partial charge on any atom is -0.383 e. The van der Waals surface area contributed by atoms with Crippen LogP contribution in [0.3, 0.4) is 0 Å². The second kappa shape index (κ2) is 4.99.